The molecule has 4 nitrogen and oxygen atoms in total. The first-order valence-electron chi connectivity index (χ1n) is 6.70. The fourth-order valence-corrected chi connectivity index (χ4v) is 2.57. The maximum atomic E-state index is 14.2. The third-order valence-electron chi connectivity index (χ3n) is 3.70. The smallest absolute Gasteiger partial charge is 0.222 e. The van der Waals surface area contributed by atoms with Crippen LogP contribution < -0.4 is 0 Å². The number of amides is 1. The van der Waals surface area contributed by atoms with Gasteiger partial charge in [-0.2, -0.15) is 5.10 Å². The minimum Gasteiger partial charge on any atom is -0.338 e. The van der Waals surface area contributed by atoms with Crippen molar-refractivity contribution in [2.24, 2.45) is 7.05 Å². The molecule has 1 aliphatic heterocycles. The zero-order chi connectivity index (χ0) is 14.1. The molecule has 0 N–H and O–H groups in total. The zero-order valence-electron chi connectivity index (χ0n) is 11.3. The van der Waals surface area contributed by atoms with Crippen molar-refractivity contribution in [3.05, 3.63) is 41.8 Å². The Morgan fingerprint density at radius 2 is 2.20 bits per heavy atom. The number of likely N-dealkylation sites (tertiary alicyclic amines) is 1. The number of aromatic nitrogens is 2. The molecule has 2 heterocycles. The van der Waals surface area contributed by atoms with Crippen molar-refractivity contribution < 1.29 is 9.18 Å². The molecule has 2 aromatic rings. The van der Waals surface area contributed by atoms with Crippen LogP contribution in [0.4, 0.5) is 4.39 Å². The molecule has 1 fully saturated rings. The van der Waals surface area contributed by atoms with Crippen molar-refractivity contribution in [3.8, 4) is 11.3 Å². The van der Waals surface area contributed by atoms with Gasteiger partial charge in [0, 0.05) is 43.9 Å². The number of carbonyl (C=O) groups excluding carboxylic acids is 1. The Kier molecular flexibility index (Phi) is 3.26. The molecule has 1 amide bonds. The molecule has 0 radical (unpaired) electrons. The molecular formula is C15H16FN3O. The SMILES string of the molecule is Cn1nccc1-c1ccc(CN2CCCC2=O)c(F)c1. The topological polar surface area (TPSA) is 38.1 Å². The van der Waals surface area contributed by atoms with Gasteiger partial charge in [0.2, 0.25) is 5.91 Å². The van der Waals surface area contributed by atoms with Gasteiger partial charge in [0.05, 0.1) is 5.69 Å². The van der Waals surface area contributed by atoms with E-state index in [9.17, 15) is 9.18 Å². The predicted molar refractivity (Wildman–Crippen MR) is 73.3 cm³/mol. The second-order valence-electron chi connectivity index (χ2n) is 5.07. The first-order chi connectivity index (χ1) is 9.65. The van der Waals surface area contributed by atoms with Crippen LogP contribution in [0.15, 0.2) is 30.5 Å². The van der Waals surface area contributed by atoms with Crippen molar-refractivity contribution in [2.75, 3.05) is 6.54 Å². The summed E-state index contributed by atoms with van der Waals surface area (Å²) < 4.78 is 15.9. The average molecular weight is 273 g/mol. The number of benzene rings is 1. The molecule has 3 rings (SSSR count). The summed E-state index contributed by atoms with van der Waals surface area (Å²) in [5.74, 6) is -0.163. The normalized spacial score (nSPS) is 15.1. The van der Waals surface area contributed by atoms with Crippen LogP contribution in [0.3, 0.4) is 0 Å². The molecular weight excluding hydrogens is 257 g/mol. The molecule has 1 aromatic heterocycles. The van der Waals surface area contributed by atoms with Crippen LogP contribution in [0, 0.1) is 5.82 Å². The Morgan fingerprint density at radius 1 is 1.35 bits per heavy atom. The van der Waals surface area contributed by atoms with Crippen molar-refractivity contribution >= 4 is 5.91 Å². The molecule has 0 aliphatic carbocycles. The van der Waals surface area contributed by atoms with E-state index < -0.39 is 0 Å². The summed E-state index contributed by atoms with van der Waals surface area (Å²) in [4.78, 5) is 13.3. The maximum Gasteiger partial charge on any atom is 0.222 e. The van der Waals surface area contributed by atoms with Crippen LogP contribution >= 0.6 is 0 Å². The number of hydrogen-bond acceptors (Lipinski definition) is 2. The van der Waals surface area contributed by atoms with E-state index in [0.717, 1.165) is 24.2 Å². The van der Waals surface area contributed by atoms with Gasteiger partial charge < -0.3 is 4.90 Å². The van der Waals surface area contributed by atoms with E-state index in [0.29, 0.717) is 18.5 Å². The second-order valence-corrected chi connectivity index (χ2v) is 5.07. The number of carbonyl (C=O) groups is 1. The van der Waals surface area contributed by atoms with E-state index >= 15 is 0 Å². The number of aryl methyl sites for hydroxylation is 1. The quantitative estimate of drug-likeness (QED) is 0.861. The number of rotatable bonds is 3. The summed E-state index contributed by atoms with van der Waals surface area (Å²) in [5.41, 5.74) is 2.22. The second kappa shape index (κ2) is 5.07. The highest BCUT2D eigenvalue weighted by atomic mass is 19.1. The standard InChI is InChI=1S/C15H16FN3O/c1-18-14(6-7-17-18)11-4-5-12(13(16)9-11)10-19-8-2-3-15(19)20/h4-7,9H,2-3,8,10H2,1H3. The highest BCUT2D eigenvalue weighted by Crippen LogP contribution is 2.23. The van der Waals surface area contributed by atoms with Crippen molar-refractivity contribution in [1.82, 2.24) is 14.7 Å². The van der Waals surface area contributed by atoms with Gasteiger partial charge in [0.1, 0.15) is 5.82 Å². The lowest BCUT2D eigenvalue weighted by Crippen LogP contribution is -2.24. The largest absolute Gasteiger partial charge is 0.338 e. The van der Waals surface area contributed by atoms with Gasteiger partial charge >= 0.3 is 0 Å². The van der Waals surface area contributed by atoms with Gasteiger partial charge in [-0.05, 0) is 18.6 Å². The van der Waals surface area contributed by atoms with Gasteiger partial charge in [-0.25, -0.2) is 4.39 Å². The summed E-state index contributed by atoms with van der Waals surface area (Å²) in [5, 5.41) is 4.08. The molecule has 0 saturated carbocycles. The first kappa shape index (κ1) is 12.8. The fraction of sp³-hybridized carbons (Fsp3) is 0.333. The van der Waals surface area contributed by atoms with Crippen molar-refractivity contribution in [3.63, 3.8) is 0 Å². The lowest BCUT2D eigenvalue weighted by Gasteiger charge is -2.16. The van der Waals surface area contributed by atoms with E-state index in [1.807, 2.05) is 19.2 Å². The number of halogens is 1. The molecule has 20 heavy (non-hydrogen) atoms. The summed E-state index contributed by atoms with van der Waals surface area (Å²) in [7, 11) is 1.82. The predicted octanol–water partition coefficient (Wildman–Crippen LogP) is 2.35. The van der Waals surface area contributed by atoms with Crippen LogP contribution in [-0.2, 0) is 18.4 Å². The van der Waals surface area contributed by atoms with E-state index in [-0.39, 0.29) is 11.7 Å². The lowest BCUT2D eigenvalue weighted by atomic mass is 10.1. The Morgan fingerprint density at radius 3 is 2.80 bits per heavy atom. The molecule has 104 valence electrons. The Balaban J connectivity index is 1.84. The molecule has 0 unspecified atom stereocenters. The minimum absolute atomic E-state index is 0.111. The van der Waals surface area contributed by atoms with Gasteiger partial charge in [0.25, 0.3) is 0 Å². The zero-order valence-corrected chi connectivity index (χ0v) is 11.3. The Hall–Kier alpha value is -2.17. The summed E-state index contributed by atoms with van der Waals surface area (Å²) in [6, 6.07) is 6.98. The third-order valence-corrected chi connectivity index (χ3v) is 3.70. The molecule has 0 atom stereocenters. The molecule has 1 aromatic carbocycles. The highest BCUT2D eigenvalue weighted by molar-refractivity contribution is 5.78. The monoisotopic (exact) mass is 273 g/mol. The molecule has 0 bridgehead atoms. The Labute approximate surface area is 116 Å². The Bertz CT molecular complexity index is 650. The summed E-state index contributed by atoms with van der Waals surface area (Å²) >= 11 is 0. The van der Waals surface area contributed by atoms with Crippen LogP contribution in [0.5, 0.6) is 0 Å². The van der Waals surface area contributed by atoms with E-state index in [2.05, 4.69) is 5.10 Å². The van der Waals surface area contributed by atoms with Crippen LogP contribution in [0.25, 0.3) is 11.3 Å². The van der Waals surface area contributed by atoms with Gasteiger partial charge in [0.15, 0.2) is 0 Å². The van der Waals surface area contributed by atoms with Crippen molar-refractivity contribution in [1.29, 1.82) is 0 Å². The fourth-order valence-electron chi connectivity index (χ4n) is 2.57. The highest BCUT2D eigenvalue weighted by Gasteiger charge is 2.21. The molecule has 1 aliphatic rings. The number of nitrogens with zero attached hydrogens (tertiary/aromatic N) is 3. The molecule has 5 heteroatoms. The van der Waals surface area contributed by atoms with Crippen LogP contribution in [-0.4, -0.2) is 27.1 Å². The summed E-state index contributed by atoms with van der Waals surface area (Å²) in [6.07, 6.45) is 3.13. The van der Waals surface area contributed by atoms with Crippen LogP contribution in [0.1, 0.15) is 18.4 Å². The van der Waals surface area contributed by atoms with Crippen LogP contribution in [0.2, 0.25) is 0 Å². The maximum absolute atomic E-state index is 14.2. The van der Waals surface area contributed by atoms with E-state index in [1.165, 1.54) is 6.07 Å². The third kappa shape index (κ3) is 2.31. The van der Waals surface area contributed by atoms with E-state index in [1.54, 1.807) is 21.8 Å². The van der Waals surface area contributed by atoms with Gasteiger partial charge in [-0.15, -0.1) is 0 Å². The lowest BCUT2D eigenvalue weighted by molar-refractivity contribution is -0.128. The summed E-state index contributed by atoms with van der Waals surface area (Å²) in [6.45, 7) is 1.08. The van der Waals surface area contributed by atoms with Crippen molar-refractivity contribution in [2.45, 2.75) is 19.4 Å². The number of hydrogen-bond donors (Lipinski definition) is 0. The first-order valence-corrected chi connectivity index (χ1v) is 6.70. The average Bonchev–Trinajstić information content (AvgIpc) is 3.01. The minimum atomic E-state index is -0.275. The van der Waals surface area contributed by atoms with Gasteiger partial charge in [-0.3, -0.25) is 9.48 Å². The molecule has 1 saturated heterocycles. The van der Waals surface area contributed by atoms with Gasteiger partial charge in [-0.1, -0.05) is 12.1 Å². The van der Waals surface area contributed by atoms with E-state index in [4.69, 9.17) is 0 Å². The molecule has 0 spiro atoms.